The van der Waals surface area contributed by atoms with Gasteiger partial charge < -0.3 is 9.73 Å². The van der Waals surface area contributed by atoms with Gasteiger partial charge in [-0.1, -0.05) is 19.9 Å². The Morgan fingerprint density at radius 2 is 2.21 bits per heavy atom. The summed E-state index contributed by atoms with van der Waals surface area (Å²) in [6.45, 7) is 5.23. The zero-order valence-corrected chi connectivity index (χ0v) is 12.9. The molecule has 0 aliphatic rings. The van der Waals surface area contributed by atoms with Crippen LogP contribution >= 0.6 is 15.9 Å². The number of furan rings is 1. The maximum absolute atomic E-state index is 5.63. The molecule has 0 radical (unpaired) electrons. The second-order valence-electron chi connectivity index (χ2n) is 4.42. The number of aromatic nitrogens is 1. The third kappa shape index (κ3) is 3.25. The van der Waals surface area contributed by atoms with E-state index in [1.165, 1.54) is 5.56 Å². The third-order valence-corrected chi connectivity index (χ3v) is 3.74. The lowest BCUT2D eigenvalue weighted by atomic mass is 10.0. The number of halogens is 1. The fourth-order valence-corrected chi connectivity index (χ4v) is 2.55. The average Bonchev–Trinajstić information content (AvgIpc) is 2.86. The molecule has 0 aliphatic carbocycles. The molecule has 0 aliphatic heterocycles. The summed E-state index contributed by atoms with van der Waals surface area (Å²) in [6, 6.07) is 6.03. The number of aryl methyl sites for hydroxylation is 1. The molecule has 0 bridgehead atoms. The number of nitrogens with one attached hydrogen (secondary N) is 1. The number of hydrogen-bond acceptors (Lipinski definition) is 3. The Hall–Kier alpha value is -1.13. The minimum absolute atomic E-state index is 0.000440. The van der Waals surface area contributed by atoms with Gasteiger partial charge in [0.15, 0.2) is 0 Å². The lowest BCUT2D eigenvalue weighted by Crippen LogP contribution is -2.25. The van der Waals surface area contributed by atoms with Gasteiger partial charge in [0.05, 0.1) is 16.4 Å². The Bertz CT molecular complexity index is 524. The van der Waals surface area contributed by atoms with Crippen molar-refractivity contribution in [3.05, 3.63) is 52.1 Å². The zero-order chi connectivity index (χ0) is 13.7. The summed E-state index contributed by atoms with van der Waals surface area (Å²) < 4.78 is 6.61. The smallest absolute Gasteiger partial charge is 0.140 e. The molecule has 2 heterocycles. The molecule has 102 valence electrons. The second kappa shape index (κ2) is 6.87. The molecule has 0 spiro atoms. The van der Waals surface area contributed by atoms with Crippen LogP contribution in [0.2, 0.25) is 0 Å². The zero-order valence-electron chi connectivity index (χ0n) is 11.3. The highest BCUT2D eigenvalue weighted by atomic mass is 79.9. The van der Waals surface area contributed by atoms with Gasteiger partial charge in [0.25, 0.3) is 0 Å². The van der Waals surface area contributed by atoms with Crippen LogP contribution in [0.5, 0.6) is 0 Å². The molecule has 0 amide bonds. The maximum atomic E-state index is 5.63. The van der Waals surface area contributed by atoms with Gasteiger partial charge >= 0.3 is 0 Å². The summed E-state index contributed by atoms with van der Waals surface area (Å²) in [4.78, 5) is 4.56. The Morgan fingerprint density at radius 1 is 1.37 bits per heavy atom. The van der Waals surface area contributed by atoms with Crippen LogP contribution in [0.25, 0.3) is 0 Å². The van der Waals surface area contributed by atoms with Crippen LogP contribution < -0.4 is 5.32 Å². The topological polar surface area (TPSA) is 38.1 Å². The highest BCUT2D eigenvalue weighted by molar-refractivity contribution is 9.10. The van der Waals surface area contributed by atoms with Crippen LogP contribution in [0.4, 0.5) is 0 Å². The van der Waals surface area contributed by atoms with E-state index >= 15 is 0 Å². The highest BCUT2D eigenvalue weighted by Gasteiger charge is 2.22. The third-order valence-electron chi connectivity index (χ3n) is 3.09. The summed E-state index contributed by atoms with van der Waals surface area (Å²) in [5.41, 5.74) is 2.30. The lowest BCUT2D eigenvalue weighted by molar-refractivity contribution is 0.438. The summed E-state index contributed by atoms with van der Waals surface area (Å²) in [7, 11) is 0. The van der Waals surface area contributed by atoms with Gasteiger partial charge in [0.2, 0.25) is 0 Å². The average molecular weight is 323 g/mol. The molecule has 3 nitrogen and oxygen atoms in total. The monoisotopic (exact) mass is 322 g/mol. The number of rotatable bonds is 6. The predicted molar refractivity (Wildman–Crippen MR) is 80.2 cm³/mol. The quantitative estimate of drug-likeness (QED) is 0.870. The first-order valence-electron chi connectivity index (χ1n) is 6.68. The van der Waals surface area contributed by atoms with Gasteiger partial charge in [-0.2, -0.15) is 0 Å². The Morgan fingerprint density at radius 3 is 2.84 bits per heavy atom. The van der Waals surface area contributed by atoms with E-state index in [-0.39, 0.29) is 6.04 Å². The van der Waals surface area contributed by atoms with E-state index in [4.69, 9.17) is 4.42 Å². The van der Waals surface area contributed by atoms with E-state index in [0.717, 1.165) is 35.3 Å². The van der Waals surface area contributed by atoms with Crippen LogP contribution in [-0.2, 0) is 6.42 Å². The van der Waals surface area contributed by atoms with E-state index in [0.29, 0.717) is 0 Å². The normalized spacial score (nSPS) is 12.6. The van der Waals surface area contributed by atoms with E-state index in [9.17, 15) is 0 Å². The van der Waals surface area contributed by atoms with Crippen LogP contribution in [0, 0.1) is 0 Å². The molecular weight excluding hydrogens is 304 g/mol. The number of hydrogen-bond donors (Lipinski definition) is 1. The molecule has 1 unspecified atom stereocenters. The standard InChI is InChI=1S/C15H19BrN2O/c1-3-8-17-14(15-12(16)7-10-19-15)13-11(4-2)6-5-9-18-13/h5-7,9-10,14,17H,3-4,8H2,1-2H3. The fourth-order valence-electron chi connectivity index (χ4n) is 2.12. The van der Waals surface area contributed by atoms with Crippen LogP contribution in [0.1, 0.15) is 43.3 Å². The number of pyridine rings is 1. The highest BCUT2D eigenvalue weighted by Crippen LogP contribution is 2.30. The first kappa shape index (κ1) is 14.3. The minimum Gasteiger partial charge on any atom is -0.466 e. The first-order valence-corrected chi connectivity index (χ1v) is 7.47. The van der Waals surface area contributed by atoms with E-state index in [1.54, 1.807) is 6.26 Å². The van der Waals surface area contributed by atoms with Crippen LogP contribution in [0.15, 0.2) is 39.5 Å². The van der Waals surface area contributed by atoms with E-state index in [1.807, 2.05) is 18.3 Å². The molecule has 0 fully saturated rings. The van der Waals surface area contributed by atoms with Crippen molar-refractivity contribution in [1.82, 2.24) is 10.3 Å². The predicted octanol–water partition coefficient (Wildman–Crippen LogP) is 4.09. The van der Waals surface area contributed by atoms with Crippen molar-refractivity contribution in [2.45, 2.75) is 32.7 Å². The van der Waals surface area contributed by atoms with Gasteiger partial charge in [-0.15, -0.1) is 0 Å². The summed E-state index contributed by atoms with van der Waals surface area (Å²) in [5.74, 6) is 0.891. The molecule has 1 N–H and O–H groups in total. The molecule has 2 aromatic rings. The maximum Gasteiger partial charge on any atom is 0.140 e. The van der Waals surface area contributed by atoms with Crippen molar-refractivity contribution in [2.75, 3.05) is 6.54 Å². The summed E-state index contributed by atoms with van der Waals surface area (Å²) >= 11 is 3.54. The van der Waals surface area contributed by atoms with Gasteiger partial charge in [0.1, 0.15) is 11.8 Å². The van der Waals surface area contributed by atoms with Gasteiger partial charge in [-0.3, -0.25) is 4.98 Å². The molecule has 1 atom stereocenters. The van der Waals surface area contributed by atoms with Crippen molar-refractivity contribution in [2.24, 2.45) is 0 Å². The van der Waals surface area contributed by atoms with E-state index < -0.39 is 0 Å². The Kier molecular flexibility index (Phi) is 5.16. The van der Waals surface area contributed by atoms with Crippen LogP contribution in [-0.4, -0.2) is 11.5 Å². The van der Waals surface area contributed by atoms with Gasteiger partial charge in [-0.25, -0.2) is 0 Å². The molecule has 0 aromatic carbocycles. The Balaban J connectivity index is 2.40. The molecule has 19 heavy (non-hydrogen) atoms. The minimum atomic E-state index is 0.000440. The van der Waals surface area contributed by atoms with E-state index in [2.05, 4.69) is 46.1 Å². The first-order chi connectivity index (χ1) is 9.27. The second-order valence-corrected chi connectivity index (χ2v) is 5.28. The van der Waals surface area contributed by atoms with Crippen molar-refractivity contribution < 1.29 is 4.42 Å². The molecular formula is C15H19BrN2O. The Labute approximate surface area is 122 Å². The van der Waals surface area contributed by atoms with Crippen molar-refractivity contribution in [3.8, 4) is 0 Å². The summed E-state index contributed by atoms with van der Waals surface area (Å²) in [6.07, 6.45) is 5.58. The summed E-state index contributed by atoms with van der Waals surface area (Å²) in [5, 5.41) is 3.52. The molecule has 2 rings (SSSR count). The molecule has 2 aromatic heterocycles. The SMILES string of the molecule is CCCNC(c1ncccc1CC)c1occc1Br. The van der Waals surface area contributed by atoms with Crippen molar-refractivity contribution >= 4 is 15.9 Å². The fraction of sp³-hybridized carbons (Fsp3) is 0.400. The van der Waals surface area contributed by atoms with Crippen molar-refractivity contribution in [3.63, 3.8) is 0 Å². The lowest BCUT2D eigenvalue weighted by Gasteiger charge is -2.19. The molecule has 0 saturated heterocycles. The van der Waals surface area contributed by atoms with Gasteiger partial charge in [-0.05, 0) is 53.0 Å². The molecule has 0 saturated carbocycles. The van der Waals surface area contributed by atoms with Gasteiger partial charge in [0, 0.05) is 6.20 Å². The van der Waals surface area contributed by atoms with Crippen molar-refractivity contribution in [1.29, 1.82) is 0 Å². The largest absolute Gasteiger partial charge is 0.466 e. The van der Waals surface area contributed by atoms with Crippen LogP contribution in [0.3, 0.4) is 0 Å². The molecule has 4 heteroatoms. The number of nitrogens with zero attached hydrogens (tertiary/aromatic N) is 1.